The molecule has 1 aliphatic heterocycles. The Morgan fingerprint density at radius 2 is 2.00 bits per heavy atom. The third kappa shape index (κ3) is 7.14. The van der Waals surface area contributed by atoms with Gasteiger partial charge in [-0.25, -0.2) is 4.99 Å². The van der Waals surface area contributed by atoms with Crippen LogP contribution < -0.4 is 10.6 Å². The largest absolute Gasteiger partial charge is 0.469 e. The number of hydrogen-bond donors (Lipinski definition) is 2. The third-order valence-corrected chi connectivity index (χ3v) is 5.50. The van der Waals surface area contributed by atoms with Gasteiger partial charge in [0.15, 0.2) is 5.96 Å². The molecule has 2 N–H and O–H groups in total. The Balaban J connectivity index is 1.61. The number of benzene rings is 1. The predicted octanol–water partition coefficient (Wildman–Crippen LogP) is 2.92. The number of carbonyl (C=O) groups is 1. The van der Waals surface area contributed by atoms with Gasteiger partial charge in [0.1, 0.15) is 12.3 Å². The van der Waals surface area contributed by atoms with Gasteiger partial charge in [0, 0.05) is 46.1 Å². The van der Waals surface area contributed by atoms with Gasteiger partial charge >= 0.3 is 0 Å². The zero-order chi connectivity index (χ0) is 22.1. The number of ether oxygens (including phenoxy) is 1. The summed E-state index contributed by atoms with van der Waals surface area (Å²) in [5.74, 6) is 1.84. The Bertz CT molecular complexity index is 831. The highest BCUT2D eigenvalue weighted by atomic mass is 16.5. The molecule has 1 aromatic heterocycles. The second-order valence-electron chi connectivity index (χ2n) is 8.19. The standard InChI is InChI=1S/C24H34N4O3/c1-18-8-10-19(11-9-18)23-20(6-4-15-31-23)16-26-24(27-17-22(29)28(2)3)25-13-12-21-7-5-14-30-21/h5,7-11,14,20,23H,4,6,12-13,15-17H2,1-3H3,(H2,25,26,27). The van der Waals surface area contributed by atoms with Crippen molar-refractivity contribution in [3.8, 4) is 0 Å². The van der Waals surface area contributed by atoms with Crippen LogP contribution >= 0.6 is 0 Å². The Kier molecular flexibility index (Phi) is 8.53. The first kappa shape index (κ1) is 22.9. The highest BCUT2D eigenvalue weighted by molar-refractivity contribution is 5.84. The van der Waals surface area contributed by atoms with Crippen LogP contribution in [0.2, 0.25) is 0 Å². The van der Waals surface area contributed by atoms with E-state index >= 15 is 0 Å². The number of hydrogen-bond acceptors (Lipinski definition) is 4. The van der Waals surface area contributed by atoms with Gasteiger partial charge in [-0.15, -0.1) is 0 Å². The van der Waals surface area contributed by atoms with Crippen molar-refractivity contribution in [1.82, 2.24) is 15.5 Å². The second-order valence-corrected chi connectivity index (χ2v) is 8.19. The van der Waals surface area contributed by atoms with Crippen LogP contribution in [0.1, 0.15) is 35.8 Å². The van der Waals surface area contributed by atoms with Crippen molar-refractivity contribution in [2.45, 2.75) is 32.3 Å². The maximum atomic E-state index is 12.0. The molecule has 1 aliphatic rings. The smallest absolute Gasteiger partial charge is 0.243 e. The summed E-state index contributed by atoms with van der Waals surface area (Å²) < 4.78 is 11.5. The summed E-state index contributed by atoms with van der Waals surface area (Å²) in [5.41, 5.74) is 2.46. The van der Waals surface area contributed by atoms with E-state index in [0.29, 0.717) is 18.4 Å². The minimum Gasteiger partial charge on any atom is -0.469 e. The molecule has 168 valence electrons. The van der Waals surface area contributed by atoms with Crippen molar-refractivity contribution in [3.63, 3.8) is 0 Å². The molecule has 2 unspecified atom stereocenters. The quantitative estimate of drug-likeness (QED) is 0.501. The number of furan rings is 1. The van der Waals surface area contributed by atoms with Crippen molar-refractivity contribution in [3.05, 3.63) is 59.5 Å². The first-order valence-corrected chi connectivity index (χ1v) is 11.0. The lowest BCUT2D eigenvalue weighted by Crippen LogP contribution is -2.43. The summed E-state index contributed by atoms with van der Waals surface area (Å²) in [6, 6.07) is 12.4. The number of rotatable bonds is 8. The average Bonchev–Trinajstić information content (AvgIpc) is 3.29. The van der Waals surface area contributed by atoms with Crippen LogP contribution in [0.3, 0.4) is 0 Å². The van der Waals surface area contributed by atoms with Gasteiger partial charge < -0.3 is 24.7 Å². The Labute approximate surface area is 184 Å². The lowest BCUT2D eigenvalue weighted by atomic mass is 9.89. The highest BCUT2D eigenvalue weighted by Crippen LogP contribution is 2.33. The Morgan fingerprint density at radius 1 is 1.19 bits per heavy atom. The van der Waals surface area contributed by atoms with Crippen LogP contribution in [-0.4, -0.2) is 57.1 Å². The van der Waals surface area contributed by atoms with Crippen molar-refractivity contribution in [2.75, 3.05) is 40.3 Å². The van der Waals surface area contributed by atoms with E-state index in [0.717, 1.165) is 38.2 Å². The zero-order valence-electron chi connectivity index (χ0n) is 18.8. The summed E-state index contributed by atoms with van der Waals surface area (Å²) in [6.07, 6.45) is 4.61. The molecule has 7 nitrogen and oxygen atoms in total. The molecule has 0 bridgehead atoms. The molecular weight excluding hydrogens is 392 g/mol. The normalized spacial score (nSPS) is 19.1. The minimum atomic E-state index is -0.0364. The number of aliphatic imine (C=N–C) groups is 1. The van der Waals surface area contributed by atoms with Gasteiger partial charge in [-0.2, -0.15) is 0 Å². The number of guanidine groups is 1. The van der Waals surface area contributed by atoms with Crippen LogP contribution in [0.4, 0.5) is 0 Å². The molecule has 1 amide bonds. The maximum absolute atomic E-state index is 12.0. The number of likely N-dealkylation sites (N-methyl/N-ethyl adjacent to an activating group) is 1. The summed E-state index contributed by atoms with van der Waals surface area (Å²) in [4.78, 5) is 18.0. The van der Waals surface area contributed by atoms with Crippen molar-refractivity contribution in [1.29, 1.82) is 0 Å². The molecule has 2 atom stereocenters. The summed E-state index contributed by atoms with van der Waals surface area (Å²) in [5, 5.41) is 6.75. The van der Waals surface area contributed by atoms with Gasteiger partial charge in [-0.1, -0.05) is 29.8 Å². The van der Waals surface area contributed by atoms with Gasteiger partial charge in [-0.05, 0) is 37.5 Å². The van der Waals surface area contributed by atoms with Crippen LogP contribution in [0, 0.1) is 12.8 Å². The molecule has 1 aromatic carbocycles. The van der Waals surface area contributed by atoms with Crippen molar-refractivity contribution in [2.24, 2.45) is 10.9 Å². The second kappa shape index (κ2) is 11.6. The van der Waals surface area contributed by atoms with E-state index in [4.69, 9.17) is 9.15 Å². The SMILES string of the molecule is Cc1ccc(C2OCCCC2CNC(=NCC(=O)N(C)C)NCCc2ccco2)cc1. The molecule has 0 saturated carbocycles. The number of nitrogens with one attached hydrogen (secondary N) is 2. The van der Waals surface area contributed by atoms with E-state index in [9.17, 15) is 4.79 Å². The van der Waals surface area contributed by atoms with E-state index in [1.165, 1.54) is 11.1 Å². The van der Waals surface area contributed by atoms with Crippen molar-refractivity contribution < 1.29 is 13.9 Å². The van der Waals surface area contributed by atoms with E-state index < -0.39 is 0 Å². The Hall–Kier alpha value is -2.80. The molecule has 0 aliphatic carbocycles. The molecule has 1 saturated heterocycles. The van der Waals surface area contributed by atoms with Crippen molar-refractivity contribution >= 4 is 11.9 Å². The van der Waals surface area contributed by atoms with E-state index in [-0.39, 0.29) is 18.6 Å². The van der Waals surface area contributed by atoms with E-state index in [1.54, 1.807) is 25.3 Å². The number of carbonyl (C=O) groups excluding carboxylic acids is 1. The lowest BCUT2D eigenvalue weighted by molar-refractivity contribution is -0.127. The molecule has 2 heterocycles. The topological polar surface area (TPSA) is 79.1 Å². The van der Waals surface area contributed by atoms with Crippen LogP contribution in [0.25, 0.3) is 0 Å². The zero-order valence-corrected chi connectivity index (χ0v) is 18.8. The molecule has 3 rings (SSSR count). The fraction of sp³-hybridized carbons (Fsp3) is 0.500. The van der Waals surface area contributed by atoms with Gasteiger partial charge in [0.2, 0.25) is 5.91 Å². The minimum absolute atomic E-state index is 0.0364. The van der Waals surface area contributed by atoms with Gasteiger partial charge in [-0.3, -0.25) is 4.79 Å². The molecule has 0 radical (unpaired) electrons. The highest BCUT2D eigenvalue weighted by Gasteiger charge is 2.27. The fourth-order valence-electron chi connectivity index (χ4n) is 3.63. The lowest BCUT2D eigenvalue weighted by Gasteiger charge is -2.32. The Morgan fingerprint density at radius 3 is 2.71 bits per heavy atom. The number of nitrogens with zero attached hydrogens (tertiary/aromatic N) is 2. The number of amides is 1. The molecule has 7 heteroatoms. The summed E-state index contributed by atoms with van der Waals surface area (Å²) >= 11 is 0. The van der Waals surface area contributed by atoms with Crippen LogP contribution in [0.5, 0.6) is 0 Å². The first-order valence-electron chi connectivity index (χ1n) is 11.0. The fourth-order valence-corrected chi connectivity index (χ4v) is 3.63. The van der Waals surface area contributed by atoms with Gasteiger partial charge in [0.25, 0.3) is 0 Å². The van der Waals surface area contributed by atoms with Crippen LogP contribution in [0.15, 0.2) is 52.1 Å². The third-order valence-electron chi connectivity index (χ3n) is 5.50. The molecular formula is C24H34N4O3. The van der Waals surface area contributed by atoms with E-state index in [2.05, 4.69) is 46.8 Å². The molecule has 31 heavy (non-hydrogen) atoms. The van der Waals surface area contributed by atoms with Gasteiger partial charge in [0.05, 0.1) is 12.4 Å². The number of aryl methyl sites for hydroxylation is 1. The van der Waals surface area contributed by atoms with Crippen LogP contribution in [-0.2, 0) is 16.0 Å². The first-order chi connectivity index (χ1) is 15.0. The summed E-state index contributed by atoms with van der Waals surface area (Å²) in [6.45, 7) is 4.37. The van der Waals surface area contributed by atoms with E-state index in [1.807, 2.05) is 12.1 Å². The molecule has 0 spiro atoms. The monoisotopic (exact) mass is 426 g/mol. The maximum Gasteiger partial charge on any atom is 0.243 e. The molecule has 1 fully saturated rings. The molecule has 2 aromatic rings. The predicted molar refractivity (Wildman–Crippen MR) is 122 cm³/mol. The average molecular weight is 427 g/mol. The summed E-state index contributed by atoms with van der Waals surface area (Å²) in [7, 11) is 3.47.